The van der Waals surface area contributed by atoms with Gasteiger partial charge in [0.2, 0.25) is 10.0 Å². The third-order valence-electron chi connectivity index (χ3n) is 4.08. The van der Waals surface area contributed by atoms with Crippen LogP contribution in [0.5, 0.6) is 0 Å². The average Bonchev–Trinajstić information content (AvgIpc) is 3.09. The summed E-state index contributed by atoms with van der Waals surface area (Å²) in [6.45, 7) is 3.13. The molecule has 1 saturated heterocycles. The number of guanidine groups is 1. The van der Waals surface area contributed by atoms with Crippen molar-refractivity contribution in [3.8, 4) is 0 Å². The van der Waals surface area contributed by atoms with Gasteiger partial charge in [0.15, 0.2) is 5.96 Å². The molecule has 1 aromatic carbocycles. The van der Waals surface area contributed by atoms with Gasteiger partial charge in [-0.25, -0.2) is 13.1 Å². The molecule has 1 aromatic rings. The molecule has 0 aliphatic carbocycles. The lowest BCUT2D eigenvalue weighted by molar-refractivity contribution is 0.181. The molecule has 2 N–H and O–H groups in total. The molecule has 1 heterocycles. The van der Waals surface area contributed by atoms with Gasteiger partial charge in [-0.15, -0.1) is 24.0 Å². The van der Waals surface area contributed by atoms with Gasteiger partial charge < -0.3 is 15.0 Å². The normalized spacial score (nSPS) is 17.9. The highest BCUT2D eigenvalue weighted by molar-refractivity contribution is 14.0. The highest BCUT2D eigenvalue weighted by Crippen LogP contribution is 2.13. The lowest BCUT2D eigenvalue weighted by Gasteiger charge is -2.24. The maximum Gasteiger partial charge on any atom is 0.240 e. The smallest absolute Gasteiger partial charge is 0.240 e. The van der Waals surface area contributed by atoms with E-state index in [1.165, 1.54) is 7.05 Å². The van der Waals surface area contributed by atoms with Crippen molar-refractivity contribution in [2.24, 2.45) is 10.9 Å². The molecule has 0 saturated carbocycles. The van der Waals surface area contributed by atoms with Crippen molar-refractivity contribution >= 4 is 40.0 Å². The molecule has 1 atom stereocenters. The zero-order valence-electron chi connectivity index (χ0n) is 14.9. The van der Waals surface area contributed by atoms with Crippen molar-refractivity contribution in [3.05, 3.63) is 29.8 Å². The van der Waals surface area contributed by atoms with E-state index in [0.717, 1.165) is 37.7 Å². The Morgan fingerprint density at radius 3 is 2.56 bits per heavy atom. The molecular formula is C16H27IN4O3S. The quantitative estimate of drug-likeness (QED) is 0.363. The predicted octanol–water partition coefficient (Wildman–Crippen LogP) is 1.26. The van der Waals surface area contributed by atoms with Crippen molar-refractivity contribution in [3.63, 3.8) is 0 Å². The van der Waals surface area contributed by atoms with Gasteiger partial charge in [-0.05, 0) is 31.2 Å². The zero-order chi connectivity index (χ0) is 17.6. The number of nitrogens with one attached hydrogen (secondary N) is 2. The van der Waals surface area contributed by atoms with Crippen molar-refractivity contribution in [2.45, 2.75) is 17.9 Å². The van der Waals surface area contributed by atoms with Crippen molar-refractivity contribution in [1.82, 2.24) is 14.9 Å². The maximum absolute atomic E-state index is 11.7. The van der Waals surface area contributed by atoms with Crippen LogP contribution in [0.15, 0.2) is 34.2 Å². The Morgan fingerprint density at radius 2 is 2.04 bits per heavy atom. The van der Waals surface area contributed by atoms with Gasteiger partial charge in [-0.1, -0.05) is 12.1 Å². The second kappa shape index (κ2) is 10.3. The van der Waals surface area contributed by atoms with E-state index in [-0.39, 0.29) is 28.9 Å². The first-order chi connectivity index (χ1) is 11.5. The zero-order valence-corrected chi connectivity index (χ0v) is 18.0. The number of hydrogen-bond acceptors (Lipinski definition) is 4. The fraction of sp³-hybridized carbons (Fsp3) is 0.562. The number of rotatable bonds is 6. The molecule has 0 radical (unpaired) electrons. The Hall–Kier alpha value is -0.910. The number of halogens is 1. The van der Waals surface area contributed by atoms with Crippen LogP contribution in [0.1, 0.15) is 12.0 Å². The van der Waals surface area contributed by atoms with Gasteiger partial charge in [0, 0.05) is 39.7 Å². The van der Waals surface area contributed by atoms with Crippen LogP contribution in [0.25, 0.3) is 0 Å². The molecule has 0 spiro atoms. The highest BCUT2D eigenvalue weighted by Gasteiger charge is 2.19. The van der Waals surface area contributed by atoms with Crippen LogP contribution in [0.2, 0.25) is 0 Å². The number of aliphatic imine (C=N–C) groups is 1. The molecule has 0 aromatic heterocycles. The molecule has 1 fully saturated rings. The van der Waals surface area contributed by atoms with Crippen molar-refractivity contribution < 1.29 is 13.2 Å². The molecule has 25 heavy (non-hydrogen) atoms. The van der Waals surface area contributed by atoms with Crippen LogP contribution >= 0.6 is 24.0 Å². The molecule has 7 nitrogen and oxygen atoms in total. The summed E-state index contributed by atoms with van der Waals surface area (Å²) >= 11 is 0. The Morgan fingerprint density at radius 1 is 1.36 bits per heavy atom. The van der Waals surface area contributed by atoms with Crippen molar-refractivity contribution in [2.75, 3.05) is 40.9 Å². The minimum Gasteiger partial charge on any atom is -0.381 e. The minimum absolute atomic E-state index is 0. The van der Waals surface area contributed by atoms with E-state index in [0.29, 0.717) is 12.5 Å². The molecular weight excluding hydrogens is 455 g/mol. The predicted molar refractivity (Wildman–Crippen MR) is 110 cm³/mol. The number of hydrogen-bond donors (Lipinski definition) is 2. The standard InChI is InChI=1S/C16H26N4O3S.HI/c1-17-16(20(3)11-14-8-9-23-12-14)19-10-13-4-6-15(7-5-13)24(21,22)18-2;/h4-7,14,18H,8-12H2,1-3H3,(H,17,19);1H. The summed E-state index contributed by atoms with van der Waals surface area (Å²) in [4.78, 5) is 6.66. The number of benzene rings is 1. The number of ether oxygens (including phenoxy) is 1. The van der Waals surface area contributed by atoms with Crippen LogP contribution in [-0.2, 0) is 21.3 Å². The molecule has 1 unspecified atom stereocenters. The molecule has 142 valence electrons. The Balaban J connectivity index is 0.00000312. The van der Waals surface area contributed by atoms with E-state index in [2.05, 4.69) is 19.9 Å². The van der Waals surface area contributed by atoms with Crippen LogP contribution in [-0.4, -0.2) is 60.2 Å². The van der Waals surface area contributed by atoms with E-state index in [1.807, 2.05) is 7.05 Å². The topological polar surface area (TPSA) is 83.0 Å². The molecule has 2 rings (SSSR count). The van der Waals surface area contributed by atoms with Crippen LogP contribution in [0.3, 0.4) is 0 Å². The van der Waals surface area contributed by atoms with Gasteiger partial charge in [0.1, 0.15) is 0 Å². The summed E-state index contributed by atoms with van der Waals surface area (Å²) in [7, 11) is 1.78. The van der Waals surface area contributed by atoms with Crippen LogP contribution in [0, 0.1) is 5.92 Å². The first kappa shape index (κ1) is 22.1. The summed E-state index contributed by atoms with van der Waals surface area (Å²) in [6.07, 6.45) is 1.09. The fourth-order valence-electron chi connectivity index (χ4n) is 2.67. The van der Waals surface area contributed by atoms with Crippen molar-refractivity contribution in [1.29, 1.82) is 0 Å². The molecule has 1 aliphatic heterocycles. The summed E-state index contributed by atoms with van der Waals surface area (Å²) in [5.74, 6) is 1.36. The largest absolute Gasteiger partial charge is 0.381 e. The van der Waals surface area contributed by atoms with E-state index < -0.39 is 10.0 Å². The second-order valence-electron chi connectivity index (χ2n) is 5.86. The second-order valence-corrected chi connectivity index (χ2v) is 7.75. The molecule has 0 bridgehead atoms. The van der Waals surface area contributed by atoms with Gasteiger partial charge >= 0.3 is 0 Å². The number of nitrogens with zero attached hydrogens (tertiary/aromatic N) is 2. The molecule has 1 aliphatic rings. The third kappa shape index (κ3) is 6.39. The van der Waals surface area contributed by atoms with E-state index in [4.69, 9.17) is 4.74 Å². The third-order valence-corrected chi connectivity index (χ3v) is 5.51. The number of sulfonamides is 1. The maximum atomic E-state index is 11.7. The lowest BCUT2D eigenvalue weighted by Crippen LogP contribution is -2.41. The van der Waals surface area contributed by atoms with Gasteiger partial charge in [-0.3, -0.25) is 4.99 Å². The summed E-state index contributed by atoms with van der Waals surface area (Å²) in [6, 6.07) is 6.81. The first-order valence-corrected chi connectivity index (χ1v) is 9.46. The fourth-order valence-corrected chi connectivity index (χ4v) is 3.40. The van der Waals surface area contributed by atoms with E-state index >= 15 is 0 Å². The van der Waals surface area contributed by atoms with Gasteiger partial charge in [0.05, 0.1) is 11.5 Å². The average molecular weight is 482 g/mol. The highest BCUT2D eigenvalue weighted by atomic mass is 127. The molecule has 9 heteroatoms. The first-order valence-electron chi connectivity index (χ1n) is 7.98. The minimum atomic E-state index is -3.39. The van der Waals surface area contributed by atoms with E-state index in [1.54, 1.807) is 31.3 Å². The monoisotopic (exact) mass is 482 g/mol. The summed E-state index contributed by atoms with van der Waals surface area (Å²) < 4.78 is 31.1. The van der Waals surface area contributed by atoms with Gasteiger partial charge in [-0.2, -0.15) is 0 Å². The summed E-state index contributed by atoms with van der Waals surface area (Å²) in [5, 5.41) is 3.30. The van der Waals surface area contributed by atoms with E-state index in [9.17, 15) is 8.42 Å². The SMILES string of the molecule is CN=C(NCc1ccc(S(=O)(=O)NC)cc1)N(C)CC1CCOC1.I. The van der Waals surface area contributed by atoms with Crippen LogP contribution < -0.4 is 10.0 Å². The van der Waals surface area contributed by atoms with Crippen LogP contribution in [0.4, 0.5) is 0 Å². The Kier molecular flexibility index (Phi) is 9.11. The summed E-state index contributed by atoms with van der Waals surface area (Å²) in [5.41, 5.74) is 0.990. The lowest BCUT2D eigenvalue weighted by atomic mass is 10.1. The molecule has 0 amide bonds. The Bertz CT molecular complexity index is 658. The van der Waals surface area contributed by atoms with Gasteiger partial charge in [0.25, 0.3) is 0 Å². The Labute approximate surface area is 167 Å².